The van der Waals surface area contributed by atoms with Gasteiger partial charge in [0, 0.05) is 5.56 Å². The minimum absolute atomic E-state index is 0.384. The Morgan fingerprint density at radius 1 is 1.08 bits per heavy atom. The summed E-state index contributed by atoms with van der Waals surface area (Å²) in [6, 6.07) is 8.08. The van der Waals surface area contributed by atoms with Gasteiger partial charge in [0.25, 0.3) is 0 Å². The van der Waals surface area contributed by atoms with Crippen molar-refractivity contribution in [1.29, 1.82) is 0 Å². The minimum atomic E-state index is -1.19. The van der Waals surface area contributed by atoms with E-state index < -0.39 is 24.5 Å². The molecule has 3 heterocycles. The van der Waals surface area contributed by atoms with E-state index in [1.165, 1.54) is 18.2 Å². The van der Waals surface area contributed by atoms with E-state index in [0.717, 1.165) is 12.0 Å². The number of aliphatic hydroxyl groups excluding tert-OH is 3. The fraction of sp³-hybridized carbons (Fsp3) is 0.389. The van der Waals surface area contributed by atoms with Crippen LogP contribution in [0.1, 0.15) is 18.7 Å². The number of hydrogen-bond acceptors (Lipinski definition) is 7. The Morgan fingerprint density at radius 3 is 2.50 bits per heavy atom. The van der Waals surface area contributed by atoms with Crippen molar-refractivity contribution in [3.63, 3.8) is 0 Å². The molecule has 1 aromatic carbocycles. The van der Waals surface area contributed by atoms with E-state index in [9.17, 15) is 15.3 Å². The molecule has 3 aromatic rings. The molecule has 4 atom stereocenters. The summed E-state index contributed by atoms with van der Waals surface area (Å²) in [5.74, 6) is 0. The molecule has 2 aromatic heterocycles. The summed E-state index contributed by atoms with van der Waals surface area (Å²) in [7, 11) is 0. The Kier molecular flexibility index (Phi) is 4.41. The molecular weight excluding hydrogens is 336 g/mol. The van der Waals surface area contributed by atoms with E-state index >= 15 is 0 Å². The van der Waals surface area contributed by atoms with Gasteiger partial charge in [-0.3, -0.25) is 4.57 Å². The van der Waals surface area contributed by atoms with E-state index in [1.54, 1.807) is 4.57 Å². The number of imidazole rings is 1. The van der Waals surface area contributed by atoms with Crippen LogP contribution in [0, 0.1) is 0 Å². The maximum Gasteiger partial charge on any atom is 0.166 e. The Morgan fingerprint density at radius 2 is 1.85 bits per heavy atom. The van der Waals surface area contributed by atoms with Gasteiger partial charge in [0.05, 0.1) is 12.9 Å². The van der Waals surface area contributed by atoms with Crippen molar-refractivity contribution < 1.29 is 20.1 Å². The average Bonchev–Trinajstić information content (AvgIpc) is 3.23. The highest BCUT2D eigenvalue weighted by molar-refractivity contribution is 5.87. The van der Waals surface area contributed by atoms with Crippen molar-refractivity contribution in [2.24, 2.45) is 0 Å². The molecule has 0 amide bonds. The van der Waals surface area contributed by atoms with E-state index in [4.69, 9.17) is 4.74 Å². The van der Waals surface area contributed by atoms with Crippen LogP contribution in [0.2, 0.25) is 0 Å². The van der Waals surface area contributed by atoms with Crippen LogP contribution < -0.4 is 0 Å². The maximum atomic E-state index is 10.3. The van der Waals surface area contributed by atoms with Crippen LogP contribution in [0.3, 0.4) is 0 Å². The smallest absolute Gasteiger partial charge is 0.166 e. The fourth-order valence-corrected chi connectivity index (χ4v) is 3.26. The number of nitrogens with zero attached hydrogens (tertiary/aromatic N) is 4. The molecule has 3 N–H and O–H groups in total. The van der Waals surface area contributed by atoms with Gasteiger partial charge in [-0.05, 0) is 12.0 Å². The molecule has 8 nitrogen and oxygen atoms in total. The molecule has 4 rings (SSSR count). The molecule has 0 bridgehead atoms. The number of ether oxygens (including phenoxy) is 1. The largest absolute Gasteiger partial charge is 0.394 e. The van der Waals surface area contributed by atoms with Crippen LogP contribution in [0.5, 0.6) is 0 Å². The van der Waals surface area contributed by atoms with Crippen molar-refractivity contribution in [3.8, 4) is 11.3 Å². The number of benzene rings is 1. The van der Waals surface area contributed by atoms with Crippen molar-refractivity contribution in [2.75, 3.05) is 6.61 Å². The molecule has 136 valence electrons. The maximum absolute atomic E-state index is 10.3. The van der Waals surface area contributed by atoms with Gasteiger partial charge < -0.3 is 20.1 Å². The van der Waals surface area contributed by atoms with E-state index in [2.05, 4.69) is 21.9 Å². The van der Waals surface area contributed by atoms with Crippen molar-refractivity contribution in [1.82, 2.24) is 19.5 Å². The number of hydrogen-bond donors (Lipinski definition) is 3. The highest BCUT2D eigenvalue weighted by Gasteiger charge is 2.44. The predicted octanol–water partition coefficient (Wildman–Crippen LogP) is 0.667. The molecule has 1 unspecified atom stereocenters. The molecule has 1 aliphatic rings. The van der Waals surface area contributed by atoms with E-state index in [0.29, 0.717) is 16.9 Å². The van der Waals surface area contributed by atoms with E-state index in [-0.39, 0.29) is 6.61 Å². The first-order valence-electron chi connectivity index (χ1n) is 8.53. The number of fused-ring (bicyclic) bond motifs is 1. The van der Waals surface area contributed by atoms with Crippen molar-refractivity contribution in [2.45, 2.75) is 37.9 Å². The van der Waals surface area contributed by atoms with Crippen LogP contribution in [-0.4, -0.2) is 59.8 Å². The van der Waals surface area contributed by atoms with Crippen molar-refractivity contribution >= 4 is 11.2 Å². The van der Waals surface area contributed by atoms with Crippen molar-refractivity contribution in [3.05, 3.63) is 42.5 Å². The standard InChI is InChI=1S/C18H20N4O4/c1-2-10-3-5-11(6-4-10)13-14-17(20-8-19-13)22(9-21-14)18-16(25)15(24)12(7-23)26-18/h3-6,8-9,12,15-16,18,23-25H,2,7H2,1H3/t12-,15-,16-,18?/m1/s1. The van der Waals surface area contributed by atoms with Gasteiger partial charge >= 0.3 is 0 Å². The van der Waals surface area contributed by atoms with Gasteiger partial charge in [-0.15, -0.1) is 0 Å². The average molecular weight is 356 g/mol. The first kappa shape index (κ1) is 17.0. The summed E-state index contributed by atoms with van der Waals surface area (Å²) in [5.41, 5.74) is 3.90. The summed E-state index contributed by atoms with van der Waals surface area (Å²) >= 11 is 0. The number of aryl methyl sites for hydroxylation is 1. The summed E-state index contributed by atoms with van der Waals surface area (Å²) in [6.07, 6.45) is -0.196. The summed E-state index contributed by atoms with van der Waals surface area (Å²) in [4.78, 5) is 13.0. The zero-order chi connectivity index (χ0) is 18.3. The van der Waals surface area contributed by atoms with Crippen LogP contribution >= 0.6 is 0 Å². The molecule has 1 saturated heterocycles. The van der Waals surface area contributed by atoms with Gasteiger partial charge in [0.15, 0.2) is 11.9 Å². The highest BCUT2D eigenvalue weighted by atomic mass is 16.6. The van der Waals surface area contributed by atoms with Gasteiger partial charge in [-0.1, -0.05) is 31.2 Å². The second-order valence-corrected chi connectivity index (χ2v) is 6.33. The third-order valence-electron chi connectivity index (χ3n) is 4.79. The van der Waals surface area contributed by atoms with Gasteiger partial charge in [0.1, 0.15) is 35.8 Å². The first-order valence-corrected chi connectivity index (χ1v) is 8.53. The Hall–Kier alpha value is -2.39. The van der Waals surface area contributed by atoms with E-state index in [1.807, 2.05) is 24.3 Å². The summed E-state index contributed by atoms with van der Waals surface area (Å²) in [5, 5.41) is 29.5. The lowest BCUT2D eigenvalue weighted by molar-refractivity contribution is -0.0511. The molecule has 1 aliphatic heterocycles. The highest BCUT2D eigenvalue weighted by Crippen LogP contribution is 2.33. The molecular formula is C18H20N4O4. The SMILES string of the molecule is CCc1ccc(-c2ncnc3c2ncn3C2O[C@H](CO)[C@@H](O)[C@H]2O)cc1. The molecule has 0 radical (unpaired) electrons. The second-order valence-electron chi connectivity index (χ2n) is 6.33. The lowest BCUT2D eigenvalue weighted by Gasteiger charge is -2.16. The van der Waals surface area contributed by atoms with Crippen LogP contribution in [0.25, 0.3) is 22.4 Å². The van der Waals surface area contributed by atoms with Gasteiger partial charge in [-0.25, -0.2) is 15.0 Å². The molecule has 26 heavy (non-hydrogen) atoms. The Labute approximate surface area is 149 Å². The second kappa shape index (κ2) is 6.73. The molecule has 0 spiro atoms. The first-order chi connectivity index (χ1) is 12.6. The molecule has 1 fully saturated rings. The lowest BCUT2D eigenvalue weighted by Crippen LogP contribution is -2.33. The van der Waals surface area contributed by atoms with Crippen LogP contribution in [0.15, 0.2) is 36.9 Å². The summed E-state index contributed by atoms with van der Waals surface area (Å²) < 4.78 is 7.14. The van der Waals surface area contributed by atoms with Crippen LogP contribution in [0.4, 0.5) is 0 Å². The topological polar surface area (TPSA) is 114 Å². The fourth-order valence-electron chi connectivity index (χ4n) is 3.26. The molecule has 0 saturated carbocycles. The normalized spacial score (nSPS) is 25.8. The Bertz CT molecular complexity index is 911. The predicted molar refractivity (Wildman–Crippen MR) is 93.1 cm³/mol. The van der Waals surface area contributed by atoms with Gasteiger partial charge in [-0.2, -0.15) is 0 Å². The zero-order valence-electron chi connectivity index (χ0n) is 14.2. The third-order valence-corrected chi connectivity index (χ3v) is 4.79. The third kappa shape index (κ3) is 2.67. The monoisotopic (exact) mass is 356 g/mol. The quantitative estimate of drug-likeness (QED) is 0.629. The Balaban J connectivity index is 1.76. The summed E-state index contributed by atoms with van der Waals surface area (Å²) in [6.45, 7) is 1.71. The minimum Gasteiger partial charge on any atom is -0.394 e. The van der Waals surface area contributed by atoms with Crippen LogP contribution in [-0.2, 0) is 11.2 Å². The molecule has 8 heteroatoms. The lowest BCUT2D eigenvalue weighted by atomic mass is 10.1. The number of aromatic nitrogens is 4. The van der Waals surface area contributed by atoms with Gasteiger partial charge in [0.2, 0.25) is 0 Å². The zero-order valence-corrected chi connectivity index (χ0v) is 14.2. The molecule has 0 aliphatic carbocycles. The number of rotatable bonds is 4. The number of aliphatic hydroxyl groups is 3.